The van der Waals surface area contributed by atoms with E-state index in [9.17, 15) is 9.59 Å². The maximum atomic E-state index is 12.1. The number of rotatable bonds is 7. The van der Waals surface area contributed by atoms with Gasteiger partial charge in [0.05, 0.1) is 5.02 Å². The predicted octanol–water partition coefficient (Wildman–Crippen LogP) is 4.40. The minimum Gasteiger partial charge on any atom is -0.480 e. The summed E-state index contributed by atoms with van der Waals surface area (Å²) >= 11 is 7.05. The van der Waals surface area contributed by atoms with Crippen LogP contribution >= 0.6 is 23.4 Å². The van der Waals surface area contributed by atoms with Crippen molar-refractivity contribution < 1.29 is 19.1 Å². The standard InChI is InChI=1S/C20H19ClN2O4S/c1-12-4-5-16(21)17(6-12)26-10-19(25)27-9-18(24)23-20-13(2)7-15(28-11-22)8-14(20)3/h4-8H,9-10H2,1-3H3,(H,23,24). The van der Waals surface area contributed by atoms with E-state index in [1.54, 1.807) is 12.1 Å². The van der Waals surface area contributed by atoms with Crippen LogP contribution in [0.1, 0.15) is 16.7 Å². The van der Waals surface area contributed by atoms with Gasteiger partial charge in [0.15, 0.2) is 13.2 Å². The van der Waals surface area contributed by atoms with Gasteiger partial charge in [0, 0.05) is 10.6 Å². The molecule has 6 nitrogen and oxygen atoms in total. The van der Waals surface area contributed by atoms with E-state index in [0.29, 0.717) is 16.5 Å². The van der Waals surface area contributed by atoms with Crippen LogP contribution in [0.5, 0.6) is 5.75 Å². The van der Waals surface area contributed by atoms with Crippen molar-refractivity contribution in [1.82, 2.24) is 0 Å². The maximum absolute atomic E-state index is 12.1. The number of nitrogens with zero attached hydrogens (tertiary/aromatic N) is 1. The lowest BCUT2D eigenvalue weighted by Crippen LogP contribution is -2.24. The number of thioether (sulfide) groups is 1. The summed E-state index contributed by atoms with van der Waals surface area (Å²) in [4.78, 5) is 24.7. The second-order valence-electron chi connectivity index (χ2n) is 6.06. The van der Waals surface area contributed by atoms with E-state index < -0.39 is 18.5 Å². The molecular formula is C20H19ClN2O4S. The van der Waals surface area contributed by atoms with Crippen LogP contribution in [0.2, 0.25) is 5.02 Å². The number of nitriles is 1. The zero-order chi connectivity index (χ0) is 20.7. The topological polar surface area (TPSA) is 88.4 Å². The third-order valence-electron chi connectivity index (χ3n) is 3.73. The molecule has 0 aliphatic rings. The molecule has 1 amide bonds. The van der Waals surface area contributed by atoms with Crippen LogP contribution in [0, 0.1) is 31.4 Å². The Morgan fingerprint density at radius 1 is 1.14 bits per heavy atom. The summed E-state index contributed by atoms with van der Waals surface area (Å²) in [5, 5.41) is 13.9. The molecule has 0 aliphatic carbocycles. The first-order chi connectivity index (χ1) is 13.3. The van der Waals surface area contributed by atoms with Crippen LogP contribution in [0.4, 0.5) is 5.69 Å². The number of carbonyl (C=O) groups excluding carboxylic acids is 2. The van der Waals surface area contributed by atoms with Crippen LogP contribution in [0.3, 0.4) is 0 Å². The second-order valence-corrected chi connectivity index (χ2v) is 7.32. The fourth-order valence-electron chi connectivity index (χ4n) is 2.45. The smallest absolute Gasteiger partial charge is 0.344 e. The van der Waals surface area contributed by atoms with Crippen molar-refractivity contribution in [3.63, 3.8) is 0 Å². The molecule has 0 bridgehead atoms. The summed E-state index contributed by atoms with van der Waals surface area (Å²) in [5.41, 5.74) is 3.20. The lowest BCUT2D eigenvalue weighted by atomic mass is 10.1. The minimum atomic E-state index is -0.679. The monoisotopic (exact) mass is 418 g/mol. The Morgan fingerprint density at radius 3 is 2.46 bits per heavy atom. The van der Waals surface area contributed by atoms with Crippen molar-refractivity contribution in [3.8, 4) is 11.2 Å². The predicted molar refractivity (Wildman–Crippen MR) is 109 cm³/mol. The summed E-state index contributed by atoms with van der Waals surface area (Å²) in [7, 11) is 0. The number of benzene rings is 2. The first-order valence-electron chi connectivity index (χ1n) is 8.31. The number of aryl methyl sites for hydroxylation is 3. The van der Waals surface area contributed by atoms with E-state index in [2.05, 4.69) is 5.32 Å². The average molecular weight is 419 g/mol. The van der Waals surface area contributed by atoms with Crippen molar-refractivity contribution in [2.45, 2.75) is 25.7 Å². The van der Waals surface area contributed by atoms with Crippen molar-refractivity contribution in [2.75, 3.05) is 18.5 Å². The van der Waals surface area contributed by atoms with Gasteiger partial charge in [0.25, 0.3) is 5.91 Å². The summed E-state index contributed by atoms with van der Waals surface area (Å²) in [5.74, 6) is -0.764. The van der Waals surface area contributed by atoms with Crippen molar-refractivity contribution in [2.24, 2.45) is 0 Å². The lowest BCUT2D eigenvalue weighted by molar-refractivity contribution is -0.149. The lowest BCUT2D eigenvalue weighted by Gasteiger charge is -2.13. The van der Waals surface area contributed by atoms with Crippen molar-refractivity contribution in [1.29, 1.82) is 5.26 Å². The molecule has 0 aliphatic heterocycles. The van der Waals surface area contributed by atoms with E-state index in [0.717, 1.165) is 33.3 Å². The van der Waals surface area contributed by atoms with Gasteiger partial charge in [-0.05, 0) is 73.5 Å². The maximum Gasteiger partial charge on any atom is 0.344 e. The van der Waals surface area contributed by atoms with Gasteiger partial charge in [-0.15, -0.1) is 0 Å². The van der Waals surface area contributed by atoms with E-state index in [1.807, 2.05) is 44.4 Å². The number of carbonyl (C=O) groups is 2. The Hall–Kier alpha value is -2.69. The molecule has 0 fully saturated rings. The molecule has 2 aromatic rings. The summed E-state index contributed by atoms with van der Waals surface area (Å²) in [6.45, 7) is 4.75. The third kappa shape index (κ3) is 6.19. The molecule has 0 saturated heterocycles. The van der Waals surface area contributed by atoms with Gasteiger partial charge < -0.3 is 14.8 Å². The molecular weight excluding hydrogens is 400 g/mol. The number of halogens is 1. The highest BCUT2D eigenvalue weighted by atomic mass is 35.5. The third-order valence-corrected chi connectivity index (χ3v) is 4.61. The first-order valence-corrected chi connectivity index (χ1v) is 9.51. The minimum absolute atomic E-state index is 0.353. The van der Waals surface area contributed by atoms with Crippen LogP contribution in [-0.2, 0) is 14.3 Å². The largest absolute Gasteiger partial charge is 0.480 e. The number of amides is 1. The molecule has 146 valence electrons. The Labute approximate surface area is 172 Å². The zero-order valence-electron chi connectivity index (χ0n) is 15.7. The van der Waals surface area contributed by atoms with E-state index in [4.69, 9.17) is 26.3 Å². The average Bonchev–Trinajstić information content (AvgIpc) is 2.64. The molecule has 0 unspecified atom stereocenters. The van der Waals surface area contributed by atoms with Crippen molar-refractivity contribution in [3.05, 3.63) is 52.0 Å². The molecule has 0 aromatic heterocycles. The Balaban J connectivity index is 1.86. The SMILES string of the molecule is Cc1ccc(Cl)c(OCC(=O)OCC(=O)Nc2c(C)cc(SC#N)cc2C)c1. The highest BCUT2D eigenvalue weighted by Gasteiger charge is 2.13. The fraction of sp³-hybridized carbons (Fsp3) is 0.250. The van der Waals surface area contributed by atoms with Crippen molar-refractivity contribution >= 4 is 40.9 Å². The molecule has 0 atom stereocenters. The summed E-state index contributed by atoms with van der Waals surface area (Å²) < 4.78 is 10.3. The second kappa shape index (κ2) is 10.0. The Bertz CT molecular complexity index is 917. The number of nitrogens with one attached hydrogen (secondary N) is 1. The number of thiocyanates is 1. The number of ether oxygens (including phenoxy) is 2. The number of anilines is 1. The molecule has 0 heterocycles. The van der Waals surface area contributed by atoms with Crippen LogP contribution in [0.15, 0.2) is 35.2 Å². The van der Waals surface area contributed by atoms with Crippen LogP contribution < -0.4 is 10.1 Å². The normalized spacial score (nSPS) is 10.1. The van der Waals surface area contributed by atoms with Crippen LogP contribution in [0.25, 0.3) is 0 Å². The molecule has 0 saturated carbocycles. The highest BCUT2D eigenvalue weighted by molar-refractivity contribution is 8.03. The molecule has 2 aromatic carbocycles. The molecule has 2 rings (SSSR count). The number of hydrogen-bond acceptors (Lipinski definition) is 6. The van der Waals surface area contributed by atoms with Gasteiger partial charge in [-0.2, -0.15) is 5.26 Å². The molecule has 1 N–H and O–H groups in total. The number of hydrogen-bond donors (Lipinski definition) is 1. The van der Waals surface area contributed by atoms with E-state index in [1.165, 1.54) is 0 Å². The zero-order valence-corrected chi connectivity index (χ0v) is 17.2. The first kappa shape index (κ1) is 21.6. The van der Waals surface area contributed by atoms with E-state index in [-0.39, 0.29) is 6.61 Å². The summed E-state index contributed by atoms with van der Waals surface area (Å²) in [6.07, 6.45) is 0. The quantitative estimate of drug-likeness (QED) is 0.407. The van der Waals surface area contributed by atoms with Gasteiger partial charge >= 0.3 is 5.97 Å². The number of esters is 1. The Kier molecular flexibility index (Phi) is 7.73. The highest BCUT2D eigenvalue weighted by Crippen LogP contribution is 2.27. The van der Waals surface area contributed by atoms with Gasteiger partial charge in [0.2, 0.25) is 0 Å². The molecule has 0 radical (unpaired) electrons. The molecule has 28 heavy (non-hydrogen) atoms. The van der Waals surface area contributed by atoms with Gasteiger partial charge in [-0.25, -0.2) is 4.79 Å². The molecule has 0 spiro atoms. The Morgan fingerprint density at radius 2 is 1.82 bits per heavy atom. The molecule has 8 heteroatoms. The van der Waals surface area contributed by atoms with Gasteiger partial charge in [-0.3, -0.25) is 4.79 Å². The summed E-state index contributed by atoms with van der Waals surface area (Å²) in [6, 6.07) is 8.83. The van der Waals surface area contributed by atoms with Crippen LogP contribution in [-0.4, -0.2) is 25.1 Å². The van der Waals surface area contributed by atoms with E-state index >= 15 is 0 Å². The van der Waals surface area contributed by atoms with Gasteiger partial charge in [0.1, 0.15) is 11.2 Å². The van der Waals surface area contributed by atoms with Gasteiger partial charge in [-0.1, -0.05) is 17.7 Å². The fourth-order valence-corrected chi connectivity index (χ4v) is 3.20.